The molecule has 3 aliphatic heterocycles. The number of hydrogen-bond acceptors (Lipinski definition) is 7. The number of rotatable bonds is 5. The molecular weight excluding hydrogens is 523 g/mol. The molecule has 0 unspecified atom stereocenters. The zero-order valence-electron chi connectivity index (χ0n) is 21.0. The second-order valence-electron chi connectivity index (χ2n) is 9.40. The number of halogens is 1. The number of guanidine groups is 1. The summed E-state index contributed by atoms with van der Waals surface area (Å²) in [5.74, 6) is -0.305. The summed E-state index contributed by atoms with van der Waals surface area (Å²) in [7, 11) is -3.85. The molecule has 0 bridgehead atoms. The van der Waals surface area contributed by atoms with Crippen LogP contribution in [0.25, 0.3) is 0 Å². The van der Waals surface area contributed by atoms with Crippen molar-refractivity contribution in [2.24, 2.45) is 4.99 Å². The fourth-order valence-corrected chi connectivity index (χ4v) is 6.19. The third kappa shape index (κ3) is 4.88. The van der Waals surface area contributed by atoms with Crippen LogP contribution in [0.4, 0.5) is 31.9 Å². The lowest BCUT2D eigenvalue weighted by atomic mass is 10.2. The Kier molecular flexibility index (Phi) is 6.57. The van der Waals surface area contributed by atoms with Gasteiger partial charge in [-0.05, 0) is 42.5 Å². The van der Waals surface area contributed by atoms with E-state index in [9.17, 15) is 17.6 Å². The molecule has 39 heavy (non-hydrogen) atoms. The fourth-order valence-electron chi connectivity index (χ4n) is 4.99. The normalized spacial score (nSPS) is 21.5. The van der Waals surface area contributed by atoms with E-state index in [0.29, 0.717) is 30.2 Å². The lowest BCUT2D eigenvalue weighted by Crippen LogP contribution is -2.47. The fraction of sp³-hybridized carbons (Fsp3) is 0.259. The molecule has 2 N–H and O–H groups in total. The third-order valence-electron chi connectivity index (χ3n) is 6.87. The smallest absolute Gasteiger partial charge is 0.414 e. The first kappa shape index (κ1) is 25.1. The predicted molar refractivity (Wildman–Crippen MR) is 147 cm³/mol. The van der Waals surface area contributed by atoms with E-state index in [0.717, 1.165) is 18.8 Å². The van der Waals surface area contributed by atoms with Gasteiger partial charge in [0.1, 0.15) is 16.8 Å². The standard InChI is InChI=1S/C27H27FN6O4S/c28-22-16-20(10-11-23(22)32-14-12-29-13-15-32)33-18-21(38-27(33)35)17-30-26-31-39(36,37)25-9-5-4-8-24(25)34(26)19-6-2-1-3-7-19/h1-11,16,21,29H,12-15,17-18H2,(H,30,31)/t21-/m0/s1. The minimum absolute atomic E-state index is 0.00688. The zero-order chi connectivity index (χ0) is 27.0. The molecule has 12 heteroatoms. The number of nitrogens with one attached hydrogen (secondary N) is 2. The van der Waals surface area contributed by atoms with Gasteiger partial charge in [-0.2, -0.15) is 0 Å². The summed E-state index contributed by atoms with van der Waals surface area (Å²) < 4.78 is 49.0. The van der Waals surface area contributed by atoms with E-state index < -0.39 is 28.0 Å². The first-order valence-electron chi connectivity index (χ1n) is 12.7. The van der Waals surface area contributed by atoms with E-state index in [1.807, 2.05) is 35.2 Å². The number of ether oxygens (including phenoxy) is 1. The van der Waals surface area contributed by atoms with Gasteiger partial charge in [0, 0.05) is 31.9 Å². The van der Waals surface area contributed by atoms with Crippen molar-refractivity contribution in [3.63, 3.8) is 0 Å². The Morgan fingerprint density at radius 1 is 0.949 bits per heavy atom. The minimum Gasteiger partial charge on any atom is -0.442 e. The molecule has 0 aliphatic carbocycles. The van der Waals surface area contributed by atoms with Gasteiger partial charge >= 0.3 is 6.09 Å². The van der Waals surface area contributed by atoms with Crippen LogP contribution in [0.3, 0.4) is 0 Å². The van der Waals surface area contributed by atoms with Crippen LogP contribution in [0.5, 0.6) is 0 Å². The molecular formula is C27H27FN6O4S. The molecule has 3 aromatic carbocycles. The summed E-state index contributed by atoms with van der Waals surface area (Å²) in [4.78, 5) is 22.4. The first-order chi connectivity index (χ1) is 18.9. The second-order valence-corrected chi connectivity index (χ2v) is 11.0. The highest BCUT2D eigenvalue weighted by molar-refractivity contribution is 7.90. The van der Waals surface area contributed by atoms with Crippen LogP contribution in [-0.2, 0) is 14.8 Å². The van der Waals surface area contributed by atoms with E-state index in [1.165, 1.54) is 17.0 Å². The lowest BCUT2D eigenvalue weighted by Gasteiger charge is -2.32. The van der Waals surface area contributed by atoms with Crippen molar-refractivity contribution < 1.29 is 22.3 Å². The molecule has 3 heterocycles. The van der Waals surface area contributed by atoms with Crippen LogP contribution < -0.4 is 24.7 Å². The van der Waals surface area contributed by atoms with Crippen LogP contribution in [0, 0.1) is 5.82 Å². The average Bonchev–Trinajstić information content (AvgIpc) is 3.33. The molecule has 2 fully saturated rings. The molecule has 1 amide bonds. The summed E-state index contributed by atoms with van der Waals surface area (Å²) in [6, 6.07) is 20.7. The number of amides is 1. The number of cyclic esters (lactones) is 1. The number of nitrogens with zero attached hydrogens (tertiary/aromatic N) is 4. The molecule has 3 aliphatic rings. The second kappa shape index (κ2) is 10.2. The van der Waals surface area contributed by atoms with Crippen molar-refractivity contribution >= 4 is 44.8 Å². The number of sulfonamides is 1. The highest BCUT2D eigenvalue weighted by Crippen LogP contribution is 2.35. The quantitative estimate of drug-likeness (QED) is 0.503. The van der Waals surface area contributed by atoms with E-state index in [2.05, 4.69) is 15.0 Å². The topological polar surface area (TPSA) is 107 Å². The van der Waals surface area contributed by atoms with Crippen molar-refractivity contribution in [3.8, 4) is 0 Å². The molecule has 3 aromatic rings. The average molecular weight is 551 g/mol. The largest absolute Gasteiger partial charge is 0.442 e. The van der Waals surface area contributed by atoms with Crippen LogP contribution in [0.2, 0.25) is 0 Å². The van der Waals surface area contributed by atoms with Crippen LogP contribution in [0.15, 0.2) is 82.7 Å². The molecule has 202 valence electrons. The predicted octanol–water partition coefficient (Wildman–Crippen LogP) is 3.05. The van der Waals surface area contributed by atoms with Gasteiger partial charge in [0.05, 0.1) is 30.2 Å². The molecule has 10 nitrogen and oxygen atoms in total. The number of anilines is 4. The number of piperazine rings is 1. The first-order valence-corrected chi connectivity index (χ1v) is 14.1. The van der Waals surface area contributed by atoms with Gasteiger partial charge in [0.2, 0.25) is 5.96 Å². The van der Waals surface area contributed by atoms with E-state index in [-0.39, 0.29) is 23.9 Å². The monoisotopic (exact) mass is 550 g/mol. The number of fused-ring (bicyclic) bond motifs is 1. The number of carbonyl (C=O) groups excluding carboxylic acids is 1. The van der Waals surface area contributed by atoms with Gasteiger partial charge in [0.15, 0.2) is 0 Å². The summed E-state index contributed by atoms with van der Waals surface area (Å²) in [6.07, 6.45) is -1.26. The molecule has 0 radical (unpaired) electrons. The maximum atomic E-state index is 15.0. The van der Waals surface area contributed by atoms with Crippen LogP contribution in [-0.4, -0.2) is 65.8 Å². The van der Waals surface area contributed by atoms with E-state index >= 15 is 0 Å². The van der Waals surface area contributed by atoms with E-state index in [4.69, 9.17) is 4.74 Å². The van der Waals surface area contributed by atoms with E-state index in [1.54, 1.807) is 35.2 Å². The molecule has 2 saturated heterocycles. The Morgan fingerprint density at radius 3 is 2.46 bits per heavy atom. The summed E-state index contributed by atoms with van der Waals surface area (Å²) in [5, 5.41) is 3.24. The Balaban J connectivity index is 1.23. The number of benzene rings is 3. The van der Waals surface area contributed by atoms with Gasteiger partial charge < -0.3 is 15.0 Å². The van der Waals surface area contributed by atoms with Gasteiger partial charge in [-0.1, -0.05) is 30.3 Å². The number of para-hydroxylation sites is 2. The Morgan fingerprint density at radius 2 is 1.69 bits per heavy atom. The Hall–Kier alpha value is -4.16. The minimum atomic E-state index is -3.85. The van der Waals surface area contributed by atoms with Crippen LogP contribution >= 0.6 is 0 Å². The summed E-state index contributed by atoms with van der Waals surface area (Å²) in [5.41, 5.74) is 2.08. The molecule has 6 rings (SSSR count). The van der Waals surface area contributed by atoms with Gasteiger partial charge in [0.25, 0.3) is 10.0 Å². The van der Waals surface area contributed by atoms with Crippen molar-refractivity contribution in [1.82, 2.24) is 10.0 Å². The van der Waals surface area contributed by atoms with Crippen molar-refractivity contribution in [2.75, 3.05) is 54.0 Å². The van der Waals surface area contributed by atoms with Crippen molar-refractivity contribution in [1.29, 1.82) is 0 Å². The highest BCUT2D eigenvalue weighted by atomic mass is 32.2. The van der Waals surface area contributed by atoms with Gasteiger partial charge in [-0.15, -0.1) is 0 Å². The molecule has 1 atom stereocenters. The maximum Gasteiger partial charge on any atom is 0.414 e. The molecule has 0 saturated carbocycles. The van der Waals surface area contributed by atoms with Crippen LogP contribution in [0.1, 0.15) is 0 Å². The summed E-state index contributed by atoms with van der Waals surface area (Å²) >= 11 is 0. The van der Waals surface area contributed by atoms with Crippen molar-refractivity contribution in [3.05, 3.63) is 78.6 Å². The third-order valence-corrected chi connectivity index (χ3v) is 8.24. The number of aliphatic imine (C=N–C) groups is 1. The van der Waals surface area contributed by atoms with Crippen molar-refractivity contribution in [2.45, 2.75) is 11.0 Å². The Bertz CT molecular complexity index is 1530. The zero-order valence-corrected chi connectivity index (χ0v) is 21.8. The molecule has 0 aromatic heterocycles. The van der Waals surface area contributed by atoms with Gasteiger partial charge in [-0.3, -0.25) is 9.80 Å². The van der Waals surface area contributed by atoms with Gasteiger partial charge in [-0.25, -0.2) is 27.3 Å². The highest BCUT2D eigenvalue weighted by Gasteiger charge is 2.36. The summed E-state index contributed by atoms with van der Waals surface area (Å²) in [6.45, 7) is 3.14. The number of hydrogen-bond donors (Lipinski definition) is 2. The maximum absolute atomic E-state index is 15.0. The SMILES string of the molecule is O=C1O[C@@H](CN=C2NS(=O)(=O)c3ccccc3N2c2ccccc2)CN1c1ccc(N2CCNCC2)c(F)c1. The lowest BCUT2D eigenvalue weighted by molar-refractivity contribution is 0.145. The number of carbonyl (C=O) groups is 1. The Labute approximate surface area is 225 Å². The molecule has 0 spiro atoms.